The fraction of sp³-hybridized carbons (Fsp3) is 0.150. The number of benzene rings is 1. The summed E-state index contributed by atoms with van der Waals surface area (Å²) >= 11 is 5.00. The molecule has 0 bridgehead atoms. The van der Waals surface area contributed by atoms with Gasteiger partial charge < -0.3 is 14.5 Å². The number of carbonyl (C=O) groups is 1. The maximum absolute atomic E-state index is 12.4. The summed E-state index contributed by atoms with van der Waals surface area (Å²) in [6.07, 6.45) is 0.463. The highest BCUT2D eigenvalue weighted by atomic mass is 32.1. The van der Waals surface area contributed by atoms with Crippen molar-refractivity contribution in [2.24, 2.45) is 0 Å². The summed E-state index contributed by atoms with van der Waals surface area (Å²) in [7, 11) is 0. The number of hydrogen-bond acceptors (Lipinski definition) is 5. The lowest BCUT2D eigenvalue weighted by molar-refractivity contribution is -0.153. The number of ether oxygens (including phenoxy) is 1. The van der Waals surface area contributed by atoms with Gasteiger partial charge in [0.15, 0.2) is 12.4 Å². The van der Waals surface area contributed by atoms with E-state index < -0.39 is 12.8 Å². The summed E-state index contributed by atoms with van der Waals surface area (Å²) in [6, 6.07) is 7.97. The summed E-state index contributed by atoms with van der Waals surface area (Å²) in [5.74, 6) is 0.391. The molecule has 1 aliphatic rings. The number of nitrogens with one attached hydrogen (secondary N) is 1. The van der Waals surface area contributed by atoms with E-state index in [2.05, 4.69) is 10.3 Å². The third kappa shape index (κ3) is 4.29. The highest BCUT2D eigenvalue weighted by Crippen LogP contribution is 2.33. The number of pyridine rings is 1. The van der Waals surface area contributed by atoms with Crippen LogP contribution in [0.1, 0.15) is 12.2 Å². The van der Waals surface area contributed by atoms with Gasteiger partial charge in [-0.3, -0.25) is 9.78 Å². The lowest BCUT2D eigenvalue weighted by Crippen LogP contribution is -2.19. The molecule has 1 aromatic carbocycles. The number of halogens is 3. The number of furan rings is 1. The summed E-state index contributed by atoms with van der Waals surface area (Å²) in [5.41, 5.74) is 2.03. The van der Waals surface area contributed by atoms with E-state index >= 15 is 0 Å². The molecule has 4 rings (SSSR count). The Hall–Kier alpha value is -3.20. The lowest BCUT2D eigenvalue weighted by Gasteiger charge is -2.10. The molecule has 0 saturated carbocycles. The molecule has 5 nitrogen and oxygen atoms in total. The summed E-state index contributed by atoms with van der Waals surface area (Å²) in [6.45, 7) is -1.37. The van der Waals surface area contributed by atoms with Crippen molar-refractivity contribution in [1.29, 1.82) is 0 Å². The third-order valence-electron chi connectivity index (χ3n) is 4.17. The van der Waals surface area contributed by atoms with Crippen LogP contribution in [-0.2, 0) is 4.79 Å². The molecular weight excluding hydrogens is 405 g/mol. The van der Waals surface area contributed by atoms with Gasteiger partial charge in [0.25, 0.3) is 0 Å². The van der Waals surface area contributed by atoms with Crippen LogP contribution in [0.5, 0.6) is 5.75 Å². The van der Waals surface area contributed by atoms with E-state index in [4.69, 9.17) is 21.4 Å². The van der Waals surface area contributed by atoms with Gasteiger partial charge >= 0.3 is 6.18 Å². The second-order valence-electron chi connectivity index (χ2n) is 6.39. The number of thiocarbonyl (C=S) groups is 1. The molecule has 1 fully saturated rings. The largest absolute Gasteiger partial charge is 0.484 e. The minimum absolute atomic E-state index is 0.0833. The molecule has 1 N–H and O–H groups in total. The number of Topliss-reactive ketones (excluding diaryl/α,β-unsaturated/α-hetero) is 1. The van der Waals surface area contributed by atoms with Crippen molar-refractivity contribution in [3.05, 3.63) is 54.2 Å². The maximum atomic E-state index is 12.4. The van der Waals surface area contributed by atoms with Crippen molar-refractivity contribution < 1.29 is 27.1 Å². The Balaban J connectivity index is 1.68. The molecule has 3 aromatic rings. The highest BCUT2D eigenvalue weighted by molar-refractivity contribution is 7.80. The van der Waals surface area contributed by atoms with Crippen molar-refractivity contribution >= 4 is 40.0 Å². The van der Waals surface area contributed by atoms with Crippen LogP contribution in [-0.4, -0.2) is 28.5 Å². The SMILES string of the molecule is O=C1CC(=S)N/C1=C\c1cc2cncc(-c3cccc(OCC(F)(F)F)c3)c2o1. The van der Waals surface area contributed by atoms with Gasteiger partial charge in [0, 0.05) is 29.4 Å². The van der Waals surface area contributed by atoms with Crippen molar-refractivity contribution in [3.63, 3.8) is 0 Å². The zero-order chi connectivity index (χ0) is 20.6. The molecule has 0 unspecified atom stereocenters. The predicted octanol–water partition coefficient (Wildman–Crippen LogP) is 4.67. The Kier molecular flexibility index (Phi) is 4.83. The highest BCUT2D eigenvalue weighted by Gasteiger charge is 2.28. The van der Waals surface area contributed by atoms with E-state index in [-0.39, 0.29) is 18.0 Å². The molecular formula is C20H13F3N2O3S. The van der Waals surface area contributed by atoms with E-state index in [9.17, 15) is 18.0 Å². The van der Waals surface area contributed by atoms with Crippen LogP contribution >= 0.6 is 12.2 Å². The molecule has 1 saturated heterocycles. The maximum Gasteiger partial charge on any atom is 0.422 e. The van der Waals surface area contributed by atoms with E-state index in [0.717, 1.165) is 0 Å². The first-order valence-electron chi connectivity index (χ1n) is 8.51. The molecule has 148 valence electrons. The van der Waals surface area contributed by atoms with Crippen molar-refractivity contribution in [3.8, 4) is 16.9 Å². The van der Waals surface area contributed by atoms with Crippen molar-refractivity contribution in [2.75, 3.05) is 6.61 Å². The van der Waals surface area contributed by atoms with Crippen LogP contribution in [0.25, 0.3) is 28.2 Å². The predicted molar refractivity (Wildman–Crippen MR) is 104 cm³/mol. The van der Waals surface area contributed by atoms with Gasteiger partial charge in [-0.2, -0.15) is 13.2 Å². The second-order valence-corrected chi connectivity index (χ2v) is 6.88. The zero-order valence-corrected chi connectivity index (χ0v) is 15.6. The summed E-state index contributed by atoms with van der Waals surface area (Å²) in [4.78, 5) is 16.5. The fourth-order valence-electron chi connectivity index (χ4n) is 2.94. The number of ketones is 1. The number of allylic oxidation sites excluding steroid dienone is 1. The Morgan fingerprint density at radius 2 is 2.10 bits per heavy atom. The monoisotopic (exact) mass is 418 g/mol. The van der Waals surface area contributed by atoms with Gasteiger partial charge in [-0.05, 0) is 23.8 Å². The van der Waals surface area contributed by atoms with E-state index in [0.29, 0.717) is 38.5 Å². The normalized spacial score (nSPS) is 15.9. The zero-order valence-electron chi connectivity index (χ0n) is 14.7. The average Bonchev–Trinajstić information content (AvgIpc) is 3.21. The summed E-state index contributed by atoms with van der Waals surface area (Å²) < 4.78 is 47.9. The van der Waals surface area contributed by atoms with Crippen molar-refractivity contribution in [2.45, 2.75) is 12.6 Å². The lowest BCUT2D eigenvalue weighted by atomic mass is 10.1. The van der Waals surface area contributed by atoms with Crippen LogP contribution in [0.4, 0.5) is 13.2 Å². The number of alkyl halides is 3. The molecule has 0 aliphatic carbocycles. The van der Waals surface area contributed by atoms with E-state index in [1.807, 2.05) is 0 Å². The van der Waals surface area contributed by atoms with Gasteiger partial charge in [-0.25, -0.2) is 0 Å². The molecule has 0 atom stereocenters. The minimum Gasteiger partial charge on any atom is -0.484 e. The molecule has 3 heterocycles. The van der Waals surface area contributed by atoms with Gasteiger partial charge in [0.05, 0.1) is 17.1 Å². The molecule has 9 heteroatoms. The van der Waals surface area contributed by atoms with Crippen LogP contribution in [0.2, 0.25) is 0 Å². The van der Waals surface area contributed by atoms with Crippen LogP contribution in [0.3, 0.4) is 0 Å². The number of hydrogen-bond donors (Lipinski definition) is 1. The first-order chi connectivity index (χ1) is 13.8. The van der Waals surface area contributed by atoms with Gasteiger partial charge in [0.1, 0.15) is 17.1 Å². The first-order valence-corrected chi connectivity index (χ1v) is 8.91. The standard InChI is InChI=1S/C20H13F3N2O3S/c21-20(22,23)10-27-13-3-1-2-11(4-13)15-9-24-8-12-5-14(28-19(12)15)6-16-17(26)7-18(29)25-16/h1-6,8-9H,7,10H2,(H,25,29)/b16-6-. The van der Waals surface area contributed by atoms with Crippen LogP contribution < -0.4 is 10.1 Å². The quantitative estimate of drug-likeness (QED) is 0.491. The van der Waals surface area contributed by atoms with Crippen molar-refractivity contribution in [1.82, 2.24) is 10.3 Å². The minimum atomic E-state index is -4.42. The third-order valence-corrected chi connectivity index (χ3v) is 4.42. The Labute approximate surface area is 168 Å². The fourth-order valence-corrected chi connectivity index (χ4v) is 3.18. The number of aromatic nitrogens is 1. The topological polar surface area (TPSA) is 64.4 Å². The van der Waals surface area contributed by atoms with Gasteiger partial charge in [-0.15, -0.1) is 0 Å². The summed E-state index contributed by atoms with van der Waals surface area (Å²) in [5, 5.41) is 3.52. The van der Waals surface area contributed by atoms with Gasteiger partial charge in [-0.1, -0.05) is 24.4 Å². The smallest absolute Gasteiger partial charge is 0.422 e. The molecule has 0 spiro atoms. The molecule has 0 amide bonds. The molecule has 29 heavy (non-hydrogen) atoms. The molecule has 2 aromatic heterocycles. The Morgan fingerprint density at radius 3 is 2.83 bits per heavy atom. The van der Waals surface area contributed by atoms with Gasteiger partial charge in [0.2, 0.25) is 0 Å². The first kappa shape index (κ1) is 19.1. The number of rotatable bonds is 4. The van der Waals surface area contributed by atoms with Crippen LogP contribution in [0, 0.1) is 0 Å². The molecule has 0 radical (unpaired) electrons. The van der Waals surface area contributed by atoms with E-state index in [1.165, 1.54) is 12.1 Å². The average molecular weight is 418 g/mol. The second kappa shape index (κ2) is 7.32. The Morgan fingerprint density at radius 1 is 1.28 bits per heavy atom. The van der Waals surface area contributed by atoms with E-state index in [1.54, 1.807) is 36.7 Å². The number of carbonyl (C=O) groups excluding carboxylic acids is 1. The Bertz CT molecular complexity index is 1150. The number of nitrogens with zero attached hydrogens (tertiary/aromatic N) is 1. The molecule has 1 aliphatic heterocycles. The number of fused-ring (bicyclic) bond motifs is 1. The van der Waals surface area contributed by atoms with Crippen LogP contribution in [0.15, 0.2) is 52.8 Å².